The van der Waals surface area contributed by atoms with Crippen LogP contribution in [0.15, 0.2) is 18.7 Å². The van der Waals surface area contributed by atoms with Gasteiger partial charge in [-0.25, -0.2) is 4.98 Å². The van der Waals surface area contributed by atoms with Gasteiger partial charge in [-0.15, -0.1) is 0 Å². The quantitative estimate of drug-likeness (QED) is 0.382. The van der Waals surface area contributed by atoms with E-state index >= 15 is 0 Å². The predicted molar refractivity (Wildman–Crippen MR) is 35.6 cm³/mol. The molecule has 0 spiro atoms. The Balaban J connectivity index is 0.000000180. The molecule has 3 N–H and O–H groups in total. The van der Waals surface area contributed by atoms with Gasteiger partial charge in [0.1, 0.15) is 0 Å². The molecule has 0 aromatic carbocycles. The Bertz CT molecular complexity index is 151. The molecule has 0 aliphatic carbocycles. The molecule has 1 rings (SSSR count). The molecule has 0 amide bonds. The maximum atomic E-state index is 7.17. The fraction of sp³-hybridized carbons (Fsp3) is 0.250. The highest BCUT2D eigenvalue weighted by Gasteiger charge is 1.92. The average Bonchev–Trinajstić information content (AvgIpc) is 2.15. The number of rotatable bonds is 0. The highest BCUT2D eigenvalue weighted by Crippen LogP contribution is 1.73. The van der Waals surface area contributed by atoms with Gasteiger partial charge in [0.25, 0.3) is 0 Å². The van der Waals surface area contributed by atoms with Gasteiger partial charge in [0, 0.05) is 19.4 Å². The zero-order chi connectivity index (χ0) is 7.98. The first-order valence-corrected chi connectivity index (χ1v) is 2.59. The van der Waals surface area contributed by atoms with Gasteiger partial charge < -0.3 is 19.6 Å². The molecule has 0 aliphatic heterocycles. The van der Waals surface area contributed by atoms with Crippen molar-refractivity contribution >= 4 is 7.32 Å². The van der Waals surface area contributed by atoms with Crippen LogP contribution >= 0.6 is 0 Å². The third-order valence-electron chi connectivity index (χ3n) is 0.637. The summed E-state index contributed by atoms with van der Waals surface area (Å²) < 4.78 is 1.89. The van der Waals surface area contributed by atoms with E-state index < -0.39 is 7.32 Å². The van der Waals surface area contributed by atoms with Crippen LogP contribution < -0.4 is 0 Å². The lowest BCUT2D eigenvalue weighted by molar-refractivity contribution is 0.278. The van der Waals surface area contributed by atoms with Gasteiger partial charge in [-0.1, -0.05) is 0 Å². The summed E-state index contributed by atoms with van der Waals surface area (Å²) in [5, 5.41) is 21.5. The second-order valence-corrected chi connectivity index (χ2v) is 1.57. The smallest absolute Gasteiger partial charge is 0.402 e. The maximum Gasteiger partial charge on any atom is 0.631 e. The lowest BCUT2D eigenvalue weighted by Gasteiger charge is -1.76. The van der Waals surface area contributed by atoms with Crippen molar-refractivity contribution in [3.8, 4) is 0 Å². The third-order valence-corrected chi connectivity index (χ3v) is 0.637. The highest BCUT2D eigenvalue weighted by molar-refractivity contribution is 6.30. The Hall–Kier alpha value is -0.845. The molecule has 0 radical (unpaired) electrons. The summed E-state index contributed by atoms with van der Waals surface area (Å²) >= 11 is 0. The Kier molecular flexibility index (Phi) is 4.56. The number of hydrogen-bond acceptors (Lipinski definition) is 4. The average molecular weight is 144 g/mol. The van der Waals surface area contributed by atoms with Crippen molar-refractivity contribution in [2.75, 3.05) is 0 Å². The lowest BCUT2D eigenvalue weighted by Crippen LogP contribution is -2.07. The van der Waals surface area contributed by atoms with E-state index in [9.17, 15) is 0 Å². The summed E-state index contributed by atoms with van der Waals surface area (Å²) in [6.45, 7) is 0. The molecule has 0 fully saturated rings. The molecule has 1 aromatic heterocycles. The van der Waals surface area contributed by atoms with E-state index in [1.165, 1.54) is 0 Å². The van der Waals surface area contributed by atoms with Crippen LogP contribution in [0.2, 0.25) is 0 Å². The van der Waals surface area contributed by atoms with Crippen LogP contribution in [0, 0.1) is 0 Å². The van der Waals surface area contributed by atoms with Crippen LogP contribution in [0.1, 0.15) is 0 Å². The minimum absolute atomic E-state index is 1.75. The van der Waals surface area contributed by atoms with Crippen LogP contribution in [0.5, 0.6) is 0 Å². The van der Waals surface area contributed by atoms with Gasteiger partial charge >= 0.3 is 7.32 Å². The second-order valence-electron chi connectivity index (χ2n) is 1.57. The van der Waals surface area contributed by atoms with E-state index in [-0.39, 0.29) is 0 Å². The van der Waals surface area contributed by atoms with Crippen LogP contribution in [0.4, 0.5) is 0 Å². The van der Waals surface area contributed by atoms with Gasteiger partial charge in [0.05, 0.1) is 6.33 Å². The largest absolute Gasteiger partial charge is 0.631 e. The number of nitrogens with zero attached hydrogens (tertiary/aromatic N) is 2. The van der Waals surface area contributed by atoms with Crippen molar-refractivity contribution < 1.29 is 15.1 Å². The van der Waals surface area contributed by atoms with Gasteiger partial charge in [0.15, 0.2) is 0 Å². The molecule has 0 saturated carbocycles. The Labute approximate surface area is 58.8 Å². The number of imidazole rings is 1. The van der Waals surface area contributed by atoms with Crippen LogP contribution in [-0.2, 0) is 7.05 Å². The van der Waals surface area contributed by atoms with Gasteiger partial charge in [-0.05, 0) is 0 Å². The fourth-order valence-electron chi connectivity index (χ4n) is 0.326. The summed E-state index contributed by atoms with van der Waals surface area (Å²) in [5.74, 6) is 0. The minimum Gasteiger partial charge on any atom is -0.402 e. The molecule has 0 atom stereocenters. The minimum atomic E-state index is -2.17. The summed E-state index contributed by atoms with van der Waals surface area (Å²) in [6, 6.07) is 0. The van der Waals surface area contributed by atoms with Crippen molar-refractivity contribution in [1.82, 2.24) is 9.55 Å². The molecular formula is C4H9BN2O3. The number of aromatic nitrogens is 2. The monoisotopic (exact) mass is 144 g/mol. The first-order valence-electron chi connectivity index (χ1n) is 2.59. The molecule has 10 heavy (non-hydrogen) atoms. The molecule has 56 valence electrons. The van der Waals surface area contributed by atoms with E-state index in [2.05, 4.69) is 4.98 Å². The van der Waals surface area contributed by atoms with Crippen molar-refractivity contribution in [2.45, 2.75) is 0 Å². The van der Waals surface area contributed by atoms with Gasteiger partial charge in [-0.2, -0.15) is 0 Å². The number of hydrogen-bond donors (Lipinski definition) is 3. The van der Waals surface area contributed by atoms with Gasteiger partial charge in [0.2, 0.25) is 0 Å². The first-order chi connectivity index (χ1) is 4.63. The maximum absolute atomic E-state index is 7.17. The summed E-state index contributed by atoms with van der Waals surface area (Å²) in [4.78, 5) is 3.78. The topological polar surface area (TPSA) is 78.5 Å². The summed E-state index contributed by atoms with van der Waals surface area (Å²) in [7, 11) is -0.229. The molecule has 5 nitrogen and oxygen atoms in total. The first kappa shape index (κ1) is 9.15. The molecule has 0 unspecified atom stereocenters. The van der Waals surface area contributed by atoms with Crippen molar-refractivity contribution in [3.63, 3.8) is 0 Å². The molecular weight excluding hydrogens is 135 g/mol. The molecule has 0 saturated heterocycles. The van der Waals surface area contributed by atoms with E-state index in [0.717, 1.165) is 0 Å². The zero-order valence-corrected chi connectivity index (χ0v) is 5.55. The molecule has 0 bridgehead atoms. The Morgan fingerprint density at radius 3 is 2.00 bits per heavy atom. The third kappa shape index (κ3) is 7.15. The molecule has 0 aliphatic rings. The van der Waals surface area contributed by atoms with E-state index in [1.807, 2.05) is 17.8 Å². The molecule has 6 heteroatoms. The zero-order valence-electron chi connectivity index (χ0n) is 5.55. The normalized spacial score (nSPS) is 8.00. The van der Waals surface area contributed by atoms with Crippen LogP contribution in [0.3, 0.4) is 0 Å². The number of aryl methyl sites for hydroxylation is 1. The highest BCUT2D eigenvalue weighted by atomic mass is 16.5. The van der Waals surface area contributed by atoms with Crippen molar-refractivity contribution in [1.29, 1.82) is 0 Å². The van der Waals surface area contributed by atoms with E-state index in [0.29, 0.717) is 0 Å². The van der Waals surface area contributed by atoms with Gasteiger partial charge in [-0.3, -0.25) is 0 Å². The Morgan fingerprint density at radius 2 is 1.90 bits per heavy atom. The second kappa shape index (κ2) is 4.98. The molecule has 1 aromatic rings. The van der Waals surface area contributed by atoms with Crippen molar-refractivity contribution in [3.05, 3.63) is 18.7 Å². The van der Waals surface area contributed by atoms with Crippen molar-refractivity contribution in [2.24, 2.45) is 7.05 Å². The van der Waals surface area contributed by atoms with Crippen LogP contribution in [0.25, 0.3) is 0 Å². The predicted octanol–water partition coefficient (Wildman–Crippen LogP) is -1.63. The van der Waals surface area contributed by atoms with E-state index in [4.69, 9.17) is 15.1 Å². The SMILES string of the molecule is Cn1ccnc1.OB(O)O. The fourth-order valence-corrected chi connectivity index (χ4v) is 0.326. The van der Waals surface area contributed by atoms with Crippen LogP contribution in [-0.4, -0.2) is 31.9 Å². The standard InChI is InChI=1S/C4H6N2.BH3O3/c1-6-3-2-5-4-6;2-1(3)4/h2-4H,1H3;2-4H. The lowest BCUT2D eigenvalue weighted by atomic mass is 10.3. The van der Waals surface area contributed by atoms with E-state index in [1.54, 1.807) is 12.5 Å². The summed E-state index contributed by atoms with van der Waals surface area (Å²) in [6.07, 6.45) is 5.39. The molecule has 1 heterocycles. The summed E-state index contributed by atoms with van der Waals surface area (Å²) in [5.41, 5.74) is 0. The Morgan fingerprint density at radius 1 is 1.40 bits per heavy atom.